The number of hydrogen-bond acceptors (Lipinski definition) is 8. The quantitative estimate of drug-likeness (QED) is 0.680. The van der Waals surface area contributed by atoms with Gasteiger partial charge in [-0.3, -0.25) is 4.99 Å². The van der Waals surface area contributed by atoms with Crippen molar-refractivity contribution in [2.45, 2.75) is 45.3 Å². The maximum absolute atomic E-state index is 12.2. The fourth-order valence-electron chi connectivity index (χ4n) is 3.50. The van der Waals surface area contributed by atoms with Crippen molar-refractivity contribution in [1.29, 1.82) is 0 Å². The standard InChI is InChI=1S/C21H26ClN7O3/c1-21(2,3)32-20(30)28-8-6-15(7-9-28)31-12-19-23-11-18(25-19)16-10-14(4-5-17(16)22)29-13-24-26-27-29/h4-5,10,13,15H,6-9,11-12H2,1-3H3. The molecule has 0 radical (unpaired) electrons. The highest BCUT2D eigenvalue weighted by Crippen LogP contribution is 2.23. The van der Waals surface area contributed by atoms with Gasteiger partial charge < -0.3 is 14.4 Å². The van der Waals surface area contributed by atoms with E-state index < -0.39 is 5.60 Å². The van der Waals surface area contributed by atoms with E-state index in [1.54, 1.807) is 15.6 Å². The molecule has 0 bridgehead atoms. The lowest BCUT2D eigenvalue weighted by Crippen LogP contribution is -2.43. The first-order chi connectivity index (χ1) is 15.3. The number of carbonyl (C=O) groups excluding carboxylic acids is 1. The summed E-state index contributed by atoms with van der Waals surface area (Å²) >= 11 is 6.40. The largest absolute Gasteiger partial charge is 0.444 e. The Labute approximate surface area is 191 Å². The number of tetrazole rings is 1. The number of rotatable bonds is 5. The lowest BCUT2D eigenvalue weighted by atomic mass is 10.1. The van der Waals surface area contributed by atoms with E-state index in [-0.39, 0.29) is 12.2 Å². The predicted molar refractivity (Wildman–Crippen MR) is 120 cm³/mol. The number of halogens is 1. The minimum Gasteiger partial charge on any atom is -0.444 e. The molecule has 11 heteroatoms. The predicted octanol–water partition coefficient (Wildman–Crippen LogP) is 2.93. The first-order valence-corrected chi connectivity index (χ1v) is 10.9. The molecule has 1 saturated heterocycles. The third-order valence-electron chi connectivity index (χ3n) is 5.09. The molecular weight excluding hydrogens is 434 g/mol. The summed E-state index contributed by atoms with van der Waals surface area (Å²) in [6.45, 7) is 7.59. The molecular formula is C21H26ClN7O3. The smallest absolute Gasteiger partial charge is 0.410 e. The number of hydrogen-bond donors (Lipinski definition) is 0. The Kier molecular flexibility index (Phi) is 6.52. The van der Waals surface area contributed by atoms with Crippen molar-refractivity contribution in [3.8, 4) is 5.69 Å². The van der Waals surface area contributed by atoms with E-state index >= 15 is 0 Å². The number of amidine groups is 1. The number of aromatic nitrogens is 4. The summed E-state index contributed by atoms with van der Waals surface area (Å²) in [5.74, 6) is 0.637. The number of amides is 1. The average molecular weight is 460 g/mol. The molecule has 0 N–H and O–H groups in total. The maximum Gasteiger partial charge on any atom is 0.410 e. The van der Waals surface area contributed by atoms with Gasteiger partial charge in [0.1, 0.15) is 24.4 Å². The Hall–Kier alpha value is -2.85. The Morgan fingerprint density at radius 2 is 2.03 bits per heavy atom. The second-order valence-electron chi connectivity index (χ2n) is 8.69. The molecule has 32 heavy (non-hydrogen) atoms. The van der Waals surface area contributed by atoms with Gasteiger partial charge in [-0.15, -0.1) is 5.10 Å². The van der Waals surface area contributed by atoms with Gasteiger partial charge in [-0.25, -0.2) is 14.5 Å². The first-order valence-electron chi connectivity index (χ1n) is 10.5. The summed E-state index contributed by atoms with van der Waals surface area (Å²) in [4.78, 5) is 23.0. The van der Waals surface area contributed by atoms with Crippen LogP contribution in [0.4, 0.5) is 4.79 Å². The van der Waals surface area contributed by atoms with Gasteiger partial charge in [0.25, 0.3) is 0 Å². The molecule has 4 rings (SSSR count). The monoisotopic (exact) mass is 459 g/mol. The Morgan fingerprint density at radius 1 is 1.25 bits per heavy atom. The summed E-state index contributed by atoms with van der Waals surface area (Å²) in [5, 5.41) is 11.8. The Morgan fingerprint density at radius 3 is 2.72 bits per heavy atom. The van der Waals surface area contributed by atoms with Gasteiger partial charge in [0, 0.05) is 23.7 Å². The first kappa shape index (κ1) is 22.3. The third kappa shape index (κ3) is 5.49. The number of likely N-dealkylation sites (tertiary alicyclic amines) is 1. The Balaban J connectivity index is 1.30. The topological polar surface area (TPSA) is 107 Å². The van der Waals surface area contributed by atoms with E-state index in [9.17, 15) is 4.79 Å². The van der Waals surface area contributed by atoms with Crippen LogP contribution in [0.5, 0.6) is 0 Å². The summed E-state index contributed by atoms with van der Waals surface area (Å²) < 4.78 is 13.0. The molecule has 0 aliphatic carbocycles. The number of benzene rings is 1. The van der Waals surface area contributed by atoms with Crippen LogP contribution < -0.4 is 0 Å². The van der Waals surface area contributed by atoms with Crippen molar-refractivity contribution in [2.75, 3.05) is 26.2 Å². The highest BCUT2D eigenvalue weighted by atomic mass is 35.5. The van der Waals surface area contributed by atoms with Crippen LogP contribution in [0.1, 0.15) is 39.2 Å². The van der Waals surface area contributed by atoms with Crippen LogP contribution in [-0.4, -0.2) is 80.7 Å². The van der Waals surface area contributed by atoms with Crippen LogP contribution >= 0.6 is 11.6 Å². The van der Waals surface area contributed by atoms with Gasteiger partial charge in [0.05, 0.1) is 24.0 Å². The van der Waals surface area contributed by atoms with E-state index in [1.807, 2.05) is 32.9 Å². The zero-order chi connectivity index (χ0) is 22.7. The van der Waals surface area contributed by atoms with Crippen LogP contribution in [0, 0.1) is 0 Å². The molecule has 10 nitrogen and oxygen atoms in total. The molecule has 2 aliphatic rings. The molecule has 2 aromatic rings. The van der Waals surface area contributed by atoms with Crippen LogP contribution in [0.25, 0.3) is 5.69 Å². The number of carbonyl (C=O) groups is 1. The van der Waals surface area contributed by atoms with Gasteiger partial charge >= 0.3 is 6.09 Å². The zero-order valence-electron chi connectivity index (χ0n) is 18.4. The van der Waals surface area contributed by atoms with Gasteiger partial charge in [-0.1, -0.05) is 11.6 Å². The normalized spacial score (nSPS) is 17.3. The number of piperidine rings is 1. The second kappa shape index (κ2) is 9.33. The van der Waals surface area contributed by atoms with Crippen molar-refractivity contribution in [2.24, 2.45) is 9.98 Å². The molecule has 1 fully saturated rings. The summed E-state index contributed by atoms with van der Waals surface area (Å²) in [5.41, 5.74) is 1.88. The molecule has 1 aromatic heterocycles. The van der Waals surface area contributed by atoms with Gasteiger partial charge in [-0.05, 0) is 62.2 Å². The molecule has 0 spiro atoms. The van der Waals surface area contributed by atoms with E-state index in [4.69, 9.17) is 21.1 Å². The highest BCUT2D eigenvalue weighted by Gasteiger charge is 2.27. The molecule has 3 heterocycles. The maximum atomic E-state index is 12.2. The SMILES string of the molecule is CC(C)(C)OC(=O)N1CCC(OCC2=NCC(c3cc(-n4cnnn4)ccc3Cl)=N2)CC1. The van der Waals surface area contributed by atoms with E-state index in [1.165, 1.54) is 6.33 Å². The minimum atomic E-state index is -0.491. The van der Waals surface area contributed by atoms with Crippen molar-refractivity contribution in [1.82, 2.24) is 25.1 Å². The third-order valence-corrected chi connectivity index (χ3v) is 5.42. The lowest BCUT2D eigenvalue weighted by Gasteiger charge is -2.33. The lowest BCUT2D eigenvalue weighted by molar-refractivity contribution is -0.00290. The van der Waals surface area contributed by atoms with Crippen LogP contribution in [0.3, 0.4) is 0 Å². The van der Waals surface area contributed by atoms with Gasteiger partial charge in [-0.2, -0.15) is 0 Å². The van der Waals surface area contributed by atoms with Crippen molar-refractivity contribution in [3.63, 3.8) is 0 Å². The molecule has 0 saturated carbocycles. The molecule has 2 aliphatic heterocycles. The number of ether oxygens (including phenoxy) is 2. The Bertz CT molecular complexity index is 1020. The molecule has 170 valence electrons. The van der Waals surface area contributed by atoms with E-state index in [0.717, 1.165) is 29.8 Å². The zero-order valence-corrected chi connectivity index (χ0v) is 19.1. The van der Waals surface area contributed by atoms with E-state index in [2.05, 4.69) is 25.5 Å². The average Bonchev–Trinajstić information content (AvgIpc) is 3.44. The summed E-state index contributed by atoms with van der Waals surface area (Å²) in [6, 6.07) is 5.53. The second-order valence-corrected chi connectivity index (χ2v) is 9.09. The highest BCUT2D eigenvalue weighted by molar-refractivity contribution is 6.35. The van der Waals surface area contributed by atoms with Gasteiger partial charge in [0.15, 0.2) is 0 Å². The number of aliphatic imine (C=N–C) groups is 2. The molecule has 0 atom stereocenters. The van der Waals surface area contributed by atoms with Crippen LogP contribution in [0.15, 0.2) is 34.5 Å². The van der Waals surface area contributed by atoms with Crippen molar-refractivity contribution < 1.29 is 14.3 Å². The van der Waals surface area contributed by atoms with Crippen LogP contribution in [-0.2, 0) is 9.47 Å². The number of nitrogens with zero attached hydrogens (tertiary/aromatic N) is 7. The molecule has 1 amide bonds. The van der Waals surface area contributed by atoms with Crippen molar-refractivity contribution >= 4 is 29.2 Å². The van der Waals surface area contributed by atoms with E-state index in [0.29, 0.717) is 37.1 Å². The molecule has 1 aromatic carbocycles. The molecule has 0 unspecified atom stereocenters. The summed E-state index contributed by atoms with van der Waals surface area (Å²) in [7, 11) is 0. The summed E-state index contributed by atoms with van der Waals surface area (Å²) in [6.07, 6.45) is 2.81. The minimum absolute atomic E-state index is 0.0577. The fraction of sp³-hybridized carbons (Fsp3) is 0.524. The van der Waals surface area contributed by atoms with Crippen molar-refractivity contribution in [3.05, 3.63) is 35.1 Å². The fourth-order valence-corrected chi connectivity index (χ4v) is 3.72. The van der Waals surface area contributed by atoms with Crippen LogP contribution in [0.2, 0.25) is 5.02 Å². The van der Waals surface area contributed by atoms with Gasteiger partial charge in [0.2, 0.25) is 0 Å².